The Labute approximate surface area is 131 Å². The number of carboxylic acid groups (broad SMARTS) is 1. The standard InChI is InChI=1S/C15H17NO5S/c1-2-21-15(20)11-7-8-22-13(11)16-12(17)9-5-3-4-6-10(9)14(18)19/h3-4,7-10H,2,5-6H2,1H3,(H,16,17)(H,18,19)/t9-,10-/m1/s1. The van der Waals surface area contributed by atoms with Crippen molar-refractivity contribution in [2.45, 2.75) is 19.8 Å². The van der Waals surface area contributed by atoms with Gasteiger partial charge in [-0.05, 0) is 31.2 Å². The van der Waals surface area contributed by atoms with Gasteiger partial charge in [0, 0.05) is 0 Å². The van der Waals surface area contributed by atoms with Gasteiger partial charge in [-0.25, -0.2) is 4.79 Å². The Bertz CT molecular complexity index is 607. The summed E-state index contributed by atoms with van der Waals surface area (Å²) in [7, 11) is 0. The molecule has 0 radical (unpaired) electrons. The van der Waals surface area contributed by atoms with E-state index >= 15 is 0 Å². The largest absolute Gasteiger partial charge is 0.481 e. The third kappa shape index (κ3) is 3.54. The molecule has 1 aromatic rings. The Morgan fingerprint density at radius 3 is 2.64 bits per heavy atom. The third-order valence-electron chi connectivity index (χ3n) is 3.48. The number of carbonyl (C=O) groups is 3. The molecule has 22 heavy (non-hydrogen) atoms. The summed E-state index contributed by atoms with van der Waals surface area (Å²) in [5.41, 5.74) is 0.290. The van der Waals surface area contributed by atoms with E-state index in [0.29, 0.717) is 23.4 Å². The zero-order valence-corrected chi connectivity index (χ0v) is 12.9. The number of esters is 1. The lowest BCUT2D eigenvalue weighted by atomic mass is 9.82. The molecule has 118 valence electrons. The number of rotatable bonds is 5. The van der Waals surface area contributed by atoms with Crippen molar-refractivity contribution in [2.75, 3.05) is 11.9 Å². The molecule has 6 nitrogen and oxygen atoms in total. The summed E-state index contributed by atoms with van der Waals surface area (Å²) in [4.78, 5) is 35.4. The smallest absolute Gasteiger partial charge is 0.341 e. The number of thiophene rings is 1. The van der Waals surface area contributed by atoms with Crippen LogP contribution in [0.4, 0.5) is 5.00 Å². The van der Waals surface area contributed by atoms with E-state index in [2.05, 4.69) is 5.32 Å². The van der Waals surface area contributed by atoms with Crippen LogP contribution in [0.5, 0.6) is 0 Å². The van der Waals surface area contributed by atoms with Gasteiger partial charge >= 0.3 is 11.9 Å². The van der Waals surface area contributed by atoms with Gasteiger partial charge in [0.25, 0.3) is 0 Å². The molecule has 1 aliphatic carbocycles. The molecule has 2 N–H and O–H groups in total. The molecule has 7 heteroatoms. The quantitative estimate of drug-likeness (QED) is 0.641. The maximum Gasteiger partial charge on any atom is 0.341 e. The van der Waals surface area contributed by atoms with Gasteiger partial charge in [0.2, 0.25) is 5.91 Å². The van der Waals surface area contributed by atoms with E-state index in [9.17, 15) is 19.5 Å². The zero-order valence-electron chi connectivity index (χ0n) is 12.1. The van der Waals surface area contributed by atoms with Crippen molar-refractivity contribution >= 4 is 34.2 Å². The van der Waals surface area contributed by atoms with Crippen molar-refractivity contribution in [2.24, 2.45) is 11.8 Å². The lowest BCUT2D eigenvalue weighted by Crippen LogP contribution is -2.34. The molecule has 0 saturated heterocycles. The molecule has 1 heterocycles. The molecule has 2 rings (SSSR count). The molecule has 0 bridgehead atoms. The number of aliphatic carboxylic acids is 1. The second kappa shape index (κ2) is 7.22. The third-order valence-corrected chi connectivity index (χ3v) is 4.31. The van der Waals surface area contributed by atoms with Crippen molar-refractivity contribution in [1.82, 2.24) is 0 Å². The van der Waals surface area contributed by atoms with Gasteiger partial charge < -0.3 is 15.2 Å². The first-order valence-electron chi connectivity index (χ1n) is 6.97. The summed E-state index contributed by atoms with van der Waals surface area (Å²) in [6, 6.07) is 1.58. The molecule has 0 fully saturated rings. The van der Waals surface area contributed by atoms with Gasteiger partial charge in [0.15, 0.2) is 0 Å². The van der Waals surface area contributed by atoms with Crippen LogP contribution >= 0.6 is 11.3 Å². The molecule has 0 unspecified atom stereocenters. The fourth-order valence-corrected chi connectivity index (χ4v) is 3.14. The summed E-state index contributed by atoms with van der Waals surface area (Å²) >= 11 is 1.21. The number of anilines is 1. The highest BCUT2D eigenvalue weighted by Gasteiger charge is 2.34. The van der Waals surface area contributed by atoms with Crippen LogP contribution < -0.4 is 5.32 Å². The van der Waals surface area contributed by atoms with Crippen molar-refractivity contribution in [1.29, 1.82) is 0 Å². The molecule has 0 saturated carbocycles. The number of allylic oxidation sites excluding steroid dienone is 2. The summed E-state index contributed by atoms with van der Waals surface area (Å²) in [5, 5.41) is 13.9. The SMILES string of the molecule is CCOC(=O)c1ccsc1NC(=O)[C@@H]1CC=CC[C@H]1C(=O)O. The highest BCUT2D eigenvalue weighted by Crippen LogP contribution is 2.30. The van der Waals surface area contributed by atoms with Crippen LogP contribution in [0, 0.1) is 11.8 Å². The molecular weight excluding hydrogens is 306 g/mol. The van der Waals surface area contributed by atoms with E-state index in [1.165, 1.54) is 11.3 Å². The minimum atomic E-state index is -0.985. The summed E-state index contributed by atoms with van der Waals surface area (Å²) < 4.78 is 4.92. The van der Waals surface area contributed by atoms with Crippen LogP contribution in [0.15, 0.2) is 23.6 Å². The molecule has 0 spiro atoms. The fourth-order valence-electron chi connectivity index (χ4n) is 2.36. The first kappa shape index (κ1) is 16.2. The molecular formula is C15H17NO5S. The maximum absolute atomic E-state index is 12.4. The summed E-state index contributed by atoms with van der Waals surface area (Å²) in [5.74, 6) is -3.25. The van der Waals surface area contributed by atoms with Crippen molar-refractivity contribution in [3.05, 3.63) is 29.2 Å². The first-order valence-corrected chi connectivity index (χ1v) is 7.85. The highest BCUT2D eigenvalue weighted by molar-refractivity contribution is 7.14. The van der Waals surface area contributed by atoms with Crippen molar-refractivity contribution in [3.8, 4) is 0 Å². The average Bonchev–Trinajstić information content (AvgIpc) is 2.95. The molecule has 2 atom stereocenters. The van der Waals surface area contributed by atoms with Crippen LogP contribution in [0.3, 0.4) is 0 Å². The number of carbonyl (C=O) groups excluding carboxylic acids is 2. The molecule has 1 amide bonds. The Balaban J connectivity index is 2.12. The fraction of sp³-hybridized carbons (Fsp3) is 0.400. The first-order chi connectivity index (χ1) is 10.5. The van der Waals surface area contributed by atoms with Gasteiger partial charge in [0.05, 0.1) is 24.0 Å². The number of hydrogen-bond donors (Lipinski definition) is 2. The van der Waals surface area contributed by atoms with E-state index in [-0.39, 0.29) is 12.5 Å². The molecule has 1 aliphatic rings. The normalized spacial score (nSPS) is 20.4. The predicted octanol–water partition coefficient (Wildman–Crippen LogP) is 2.53. The number of carboxylic acids is 1. The molecule has 1 aromatic heterocycles. The second-order valence-corrected chi connectivity index (χ2v) is 5.78. The predicted molar refractivity (Wildman–Crippen MR) is 81.9 cm³/mol. The van der Waals surface area contributed by atoms with Gasteiger partial charge in [-0.1, -0.05) is 12.2 Å². The van der Waals surface area contributed by atoms with E-state index < -0.39 is 23.8 Å². The Hall–Kier alpha value is -2.15. The Morgan fingerprint density at radius 1 is 1.32 bits per heavy atom. The topological polar surface area (TPSA) is 92.7 Å². The van der Waals surface area contributed by atoms with Gasteiger partial charge in [-0.15, -0.1) is 11.3 Å². The monoisotopic (exact) mass is 323 g/mol. The zero-order chi connectivity index (χ0) is 16.1. The number of amides is 1. The minimum Gasteiger partial charge on any atom is -0.481 e. The number of hydrogen-bond acceptors (Lipinski definition) is 5. The summed E-state index contributed by atoms with van der Waals surface area (Å²) in [6.07, 6.45) is 4.30. The second-order valence-electron chi connectivity index (χ2n) is 4.87. The van der Waals surface area contributed by atoms with E-state index in [1.54, 1.807) is 24.4 Å². The summed E-state index contributed by atoms with van der Waals surface area (Å²) in [6.45, 7) is 1.95. The Morgan fingerprint density at radius 2 is 2.00 bits per heavy atom. The van der Waals surface area contributed by atoms with Crippen LogP contribution in [0.25, 0.3) is 0 Å². The molecule has 0 aliphatic heterocycles. The highest BCUT2D eigenvalue weighted by atomic mass is 32.1. The van der Waals surface area contributed by atoms with Crippen LogP contribution in [-0.4, -0.2) is 29.6 Å². The average molecular weight is 323 g/mol. The lowest BCUT2D eigenvalue weighted by molar-refractivity contribution is -0.146. The van der Waals surface area contributed by atoms with Gasteiger partial charge in [-0.3, -0.25) is 9.59 Å². The van der Waals surface area contributed by atoms with Gasteiger partial charge in [0.1, 0.15) is 5.00 Å². The van der Waals surface area contributed by atoms with Crippen molar-refractivity contribution in [3.63, 3.8) is 0 Å². The Kier molecular flexibility index (Phi) is 5.32. The van der Waals surface area contributed by atoms with E-state index in [4.69, 9.17) is 4.74 Å². The van der Waals surface area contributed by atoms with Crippen molar-refractivity contribution < 1.29 is 24.2 Å². The number of nitrogens with one attached hydrogen (secondary N) is 1. The molecule has 0 aromatic carbocycles. The lowest BCUT2D eigenvalue weighted by Gasteiger charge is -2.24. The van der Waals surface area contributed by atoms with E-state index in [1.807, 2.05) is 6.08 Å². The number of ether oxygens (including phenoxy) is 1. The minimum absolute atomic E-state index is 0.247. The maximum atomic E-state index is 12.4. The van der Waals surface area contributed by atoms with Crippen LogP contribution in [-0.2, 0) is 14.3 Å². The van der Waals surface area contributed by atoms with Crippen LogP contribution in [0.2, 0.25) is 0 Å². The van der Waals surface area contributed by atoms with Gasteiger partial charge in [-0.2, -0.15) is 0 Å². The van der Waals surface area contributed by atoms with Crippen LogP contribution in [0.1, 0.15) is 30.1 Å². The van der Waals surface area contributed by atoms with E-state index in [0.717, 1.165) is 0 Å².